The molecule has 0 bridgehead atoms. The van der Waals surface area contributed by atoms with Gasteiger partial charge in [-0.3, -0.25) is 9.59 Å². The lowest BCUT2D eigenvalue weighted by atomic mass is 10.0. The van der Waals surface area contributed by atoms with E-state index in [2.05, 4.69) is 50.4 Å². The van der Waals surface area contributed by atoms with Crippen molar-refractivity contribution in [3.05, 3.63) is 24.3 Å². The number of aliphatic hydroxyl groups excluding tert-OH is 2. The van der Waals surface area contributed by atoms with Crippen molar-refractivity contribution >= 4 is 11.9 Å². The van der Waals surface area contributed by atoms with E-state index in [0.29, 0.717) is 19.3 Å². The standard InChI is InChI=1S/C53H101NO5/c1-4-7-10-13-16-19-22-24-26-28-30-32-35-38-41-44-49(59-53(58)46-43-40-37-34-21-18-15-12-9-6-3)47-52(57)54-50(48-55)51(56)45-42-39-36-33-31-29-27-25-23-20-17-14-11-8-5-2/h12,15,24,26,49-51,55-56H,4-11,13-14,16-23,25,27-48H2,1-3H3,(H,54,57)/b15-12-,26-24+. The molecule has 3 unspecified atom stereocenters. The van der Waals surface area contributed by atoms with Crippen molar-refractivity contribution in [2.45, 2.75) is 296 Å². The summed E-state index contributed by atoms with van der Waals surface area (Å²) in [5.74, 6) is -0.483. The number of carbonyl (C=O) groups is 2. The second kappa shape index (κ2) is 47.4. The van der Waals surface area contributed by atoms with Crippen LogP contribution in [0.5, 0.6) is 0 Å². The van der Waals surface area contributed by atoms with Gasteiger partial charge >= 0.3 is 5.97 Å². The molecule has 0 aromatic heterocycles. The molecule has 1 amide bonds. The quantitative estimate of drug-likeness (QED) is 0.0322. The Labute approximate surface area is 367 Å². The summed E-state index contributed by atoms with van der Waals surface area (Å²) >= 11 is 0. The van der Waals surface area contributed by atoms with Gasteiger partial charge in [0.25, 0.3) is 0 Å². The average Bonchev–Trinajstić information content (AvgIpc) is 3.23. The van der Waals surface area contributed by atoms with Gasteiger partial charge in [0.15, 0.2) is 0 Å². The SMILES string of the molecule is CCC/C=C\CCCCCCCC(=O)OC(CCCCCCC/C=C/CCCCCCCC)CC(=O)NC(CO)C(O)CCCCCCCCCCCCCCCCC. The molecular weight excluding hydrogens is 731 g/mol. The highest BCUT2D eigenvalue weighted by molar-refractivity contribution is 5.77. The topological polar surface area (TPSA) is 95.9 Å². The molecule has 6 nitrogen and oxygen atoms in total. The number of hydrogen-bond acceptors (Lipinski definition) is 5. The van der Waals surface area contributed by atoms with Crippen LogP contribution in [0.2, 0.25) is 0 Å². The Morgan fingerprint density at radius 3 is 1.27 bits per heavy atom. The zero-order valence-corrected chi connectivity index (χ0v) is 39.7. The first-order valence-electron chi connectivity index (χ1n) is 26.1. The summed E-state index contributed by atoms with van der Waals surface area (Å²) in [6.07, 6.45) is 53.8. The molecule has 0 heterocycles. The van der Waals surface area contributed by atoms with Crippen molar-refractivity contribution in [1.29, 1.82) is 0 Å². The summed E-state index contributed by atoms with van der Waals surface area (Å²) in [6.45, 7) is 6.43. The minimum atomic E-state index is -0.787. The average molecular weight is 832 g/mol. The second-order valence-electron chi connectivity index (χ2n) is 17.9. The molecule has 0 aliphatic rings. The molecular formula is C53H101NO5. The number of nitrogens with one attached hydrogen (secondary N) is 1. The molecule has 0 aliphatic carbocycles. The van der Waals surface area contributed by atoms with Crippen LogP contribution in [0.4, 0.5) is 0 Å². The normalized spacial score (nSPS) is 13.4. The maximum Gasteiger partial charge on any atom is 0.306 e. The molecule has 0 aliphatic heterocycles. The van der Waals surface area contributed by atoms with Crippen molar-refractivity contribution in [2.75, 3.05) is 6.61 Å². The van der Waals surface area contributed by atoms with Crippen LogP contribution in [0.25, 0.3) is 0 Å². The van der Waals surface area contributed by atoms with Crippen molar-refractivity contribution in [3.63, 3.8) is 0 Å². The molecule has 0 saturated heterocycles. The van der Waals surface area contributed by atoms with Gasteiger partial charge in [0.1, 0.15) is 6.10 Å². The fourth-order valence-corrected chi connectivity index (χ4v) is 8.02. The predicted molar refractivity (Wildman–Crippen MR) is 255 cm³/mol. The van der Waals surface area contributed by atoms with Gasteiger partial charge in [-0.2, -0.15) is 0 Å². The summed E-state index contributed by atoms with van der Waals surface area (Å²) in [5, 5.41) is 23.8. The lowest BCUT2D eigenvalue weighted by Gasteiger charge is -2.24. The van der Waals surface area contributed by atoms with E-state index in [1.54, 1.807) is 0 Å². The lowest BCUT2D eigenvalue weighted by molar-refractivity contribution is -0.151. The van der Waals surface area contributed by atoms with E-state index in [-0.39, 0.29) is 24.9 Å². The highest BCUT2D eigenvalue weighted by Crippen LogP contribution is 2.18. The van der Waals surface area contributed by atoms with Gasteiger partial charge in [-0.05, 0) is 70.6 Å². The largest absolute Gasteiger partial charge is 0.462 e. The van der Waals surface area contributed by atoms with Crippen LogP contribution >= 0.6 is 0 Å². The summed E-state index contributed by atoms with van der Waals surface area (Å²) in [4.78, 5) is 26.1. The fourth-order valence-electron chi connectivity index (χ4n) is 8.02. The third kappa shape index (κ3) is 42.8. The third-order valence-corrected chi connectivity index (χ3v) is 12.0. The monoisotopic (exact) mass is 832 g/mol. The van der Waals surface area contributed by atoms with E-state index in [1.165, 1.54) is 161 Å². The predicted octanol–water partition coefficient (Wildman–Crippen LogP) is 15.5. The number of aliphatic hydroxyl groups is 2. The molecule has 59 heavy (non-hydrogen) atoms. The van der Waals surface area contributed by atoms with Crippen LogP contribution in [-0.4, -0.2) is 46.9 Å². The number of allylic oxidation sites excluding steroid dienone is 4. The number of rotatable bonds is 47. The van der Waals surface area contributed by atoms with E-state index < -0.39 is 18.2 Å². The maximum atomic E-state index is 13.2. The summed E-state index contributed by atoms with van der Waals surface area (Å²) in [5.41, 5.74) is 0. The number of ether oxygens (including phenoxy) is 1. The molecule has 348 valence electrons. The van der Waals surface area contributed by atoms with Crippen LogP contribution in [0, 0.1) is 0 Å². The van der Waals surface area contributed by atoms with Gasteiger partial charge in [-0.15, -0.1) is 0 Å². The minimum absolute atomic E-state index is 0.0723. The fraction of sp³-hybridized carbons (Fsp3) is 0.887. The molecule has 0 aromatic rings. The van der Waals surface area contributed by atoms with Crippen molar-refractivity contribution in [1.82, 2.24) is 5.32 Å². The van der Waals surface area contributed by atoms with Gasteiger partial charge in [0.2, 0.25) is 5.91 Å². The van der Waals surface area contributed by atoms with E-state index in [9.17, 15) is 19.8 Å². The Morgan fingerprint density at radius 1 is 0.475 bits per heavy atom. The van der Waals surface area contributed by atoms with Crippen molar-refractivity contribution in [2.24, 2.45) is 0 Å². The van der Waals surface area contributed by atoms with Crippen LogP contribution < -0.4 is 5.32 Å². The molecule has 0 radical (unpaired) electrons. The Balaban J connectivity index is 4.52. The summed E-state index contributed by atoms with van der Waals surface area (Å²) in [7, 11) is 0. The first-order chi connectivity index (χ1) is 29.0. The highest BCUT2D eigenvalue weighted by atomic mass is 16.5. The third-order valence-electron chi connectivity index (χ3n) is 12.0. The summed E-state index contributed by atoms with van der Waals surface area (Å²) in [6, 6.07) is -0.701. The Bertz CT molecular complexity index is 935. The van der Waals surface area contributed by atoms with E-state index in [0.717, 1.165) is 70.6 Å². The van der Waals surface area contributed by atoms with Gasteiger partial charge < -0.3 is 20.3 Å². The van der Waals surface area contributed by atoms with E-state index >= 15 is 0 Å². The van der Waals surface area contributed by atoms with Crippen LogP contribution in [0.15, 0.2) is 24.3 Å². The van der Waals surface area contributed by atoms with Crippen LogP contribution in [0.1, 0.15) is 278 Å². The Hall–Kier alpha value is -1.66. The molecule has 0 fully saturated rings. The maximum absolute atomic E-state index is 13.2. The Kier molecular flexibility index (Phi) is 46.1. The number of carbonyl (C=O) groups excluding carboxylic acids is 2. The van der Waals surface area contributed by atoms with Crippen LogP contribution in [-0.2, 0) is 14.3 Å². The highest BCUT2D eigenvalue weighted by Gasteiger charge is 2.24. The van der Waals surface area contributed by atoms with Crippen LogP contribution in [0.3, 0.4) is 0 Å². The molecule has 0 spiro atoms. The van der Waals surface area contributed by atoms with Gasteiger partial charge in [0, 0.05) is 6.42 Å². The van der Waals surface area contributed by atoms with Crippen molar-refractivity contribution in [3.8, 4) is 0 Å². The van der Waals surface area contributed by atoms with Crippen molar-refractivity contribution < 1.29 is 24.5 Å². The summed E-state index contributed by atoms with van der Waals surface area (Å²) < 4.78 is 5.92. The smallest absolute Gasteiger partial charge is 0.306 e. The first kappa shape index (κ1) is 57.3. The number of unbranched alkanes of at least 4 members (excludes halogenated alkanes) is 31. The lowest BCUT2D eigenvalue weighted by Crippen LogP contribution is -2.46. The minimum Gasteiger partial charge on any atom is -0.462 e. The molecule has 0 rings (SSSR count). The first-order valence-corrected chi connectivity index (χ1v) is 26.1. The zero-order valence-electron chi connectivity index (χ0n) is 39.7. The number of amides is 1. The molecule has 6 heteroatoms. The van der Waals surface area contributed by atoms with E-state index in [4.69, 9.17) is 4.74 Å². The van der Waals surface area contributed by atoms with Gasteiger partial charge in [0.05, 0.1) is 25.2 Å². The molecule has 3 N–H and O–H groups in total. The number of hydrogen-bond donors (Lipinski definition) is 3. The number of esters is 1. The second-order valence-corrected chi connectivity index (χ2v) is 17.9. The van der Waals surface area contributed by atoms with Gasteiger partial charge in [-0.25, -0.2) is 0 Å². The molecule has 0 aromatic carbocycles. The Morgan fingerprint density at radius 2 is 0.847 bits per heavy atom. The van der Waals surface area contributed by atoms with E-state index in [1.807, 2.05) is 0 Å². The van der Waals surface area contributed by atoms with Gasteiger partial charge in [-0.1, -0.05) is 218 Å². The molecule has 0 saturated carbocycles. The zero-order chi connectivity index (χ0) is 43.1. The molecule has 3 atom stereocenters.